The van der Waals surface area contributed by atoms with Crippen LogP contribution < -0.4 is 0 Å². The molecule has 3 aromatic rings. The van der Waals surface area contributed by atoms with E-state index < -0.39 is 6.10 Å². The van der Waals surface area contributed by atoms with Gasteiger partial charge in [0.1, 0.15) is 6.33 Å². The number of benzene rings is 1. The van der Waals surface area contributed by atoms with Gasteiger partial charge in [-0.05, 0) is 55.7 Å². The molecular formula is C17H19N3O. The van der Waals surface area contributed by atoms with Crippen LogP contribution in [0.2, 0.25) is 0 Å². The van der Waals surface area contributed by atoms with Crippen molar-refractivity contribution in [2.45, 2.75) is 33.3 Å². The van der Waals surface area contributed by atoms with E-state index >= 15 is 0 Å². The van der Waals surface area contributed by atoms with Gasteiger partial charge < -0.3 is 5.11 Å². The van der Waals surface area contributed by atoms with E-state index in [-0.39, 0.29) is 0 Å². The van der Waals surface area contributed by atoms with Gasteiger partial charge in [-0.2, -0.15) is 0 Å². The maximum Gasteiger partial charge on any atom is 0.100 e. The average Bonchev–Trinajstić information content (AvgIpc) is 2.90. The third kappa shape index (κ3) is 2.43. The van der Waals surface area contributed by atoms with Crippen LogP contribution in [0.25, 0.3) is 16.7 Å². The van der Waals surface area contributed by atoms with Crippen molar-refractivity contribution in [2.24, 2.45) is 0 Å². The SMILES string of the molecule is CC[C@@H](O)c1ccc(-n2cnc3cc(C)c(C)cc32)cn1. The Balaban J connectivity index is 2.06. The number of pyridine rings is 1. The van der Waals surface area contributed by atoms with Gasteiger partial charge in [-0.3, -0.25) is 9.55 Å². The van der Waals surface area contributed by atoms with Gasteiger partial charge >= 0.3 is 0 Å². The van der Waals surface area contributed by atoms with Crippen LogP contribution in [0.3, 0.4) is 0 Å². The molecule has 21 heavy (non-hydrogen) atoms. The summed E-state index contributed by atoms with van der Waals surface area (Å²) >= 11 is 0. The molecule has 2 aromatic heterocycles. The number of aliphatic hydroxyl groups excluding tert-OH is 1. The van der Waals surface area contributed by atoms with Gasteiger partial charge in [-0.25, -0.2) is 4.98 Å². The molecule has 0 fully saturated rings. The van der Waals surface area contributed by atoms with E-state index in [0.717, 1.165) is 16.7 Å². The van der Waals surface area contributed by atoms with E-state index in [1.165, 1.54) is 11.1 Å². The Labute approximate surface area is 124 Å². The molecule has 4 nitrogen and oxygen atoms in total. The molecule has 0 bridgehead atoms. The highest BCUT2D eigenvalue weighted by atomic mass is 16.3. The Kier molecular flexibility index (Phi) is 3.47. The van der Waals surface area contributed by atoms with Crippen LogP contribution in [-0.2, 0) is 0 Å². The summed E-state index contributed by atoms with van der Waals surface area (Å²) in [5, 5.41) is 9.81. The molecule has 0 saturated heterocycles. The van der Waals surface area contributed by atoms with Crippen molar-refractivity contribution in [3.05, 3.63) is 53.6 Å². The lowest BCUT2D eigenvalue weighted by Crippen LogP contribution is -2.00. The Morgan fingerprint density at radius 2 is 1.90 bits per heavy atom. The van der Waals surface area contributed by atoms with Crippen LogP contribution in [0.15, 0.2) is 36.8 Å². The summed E-state index contributed by atoms with van der Waals surface area (Å²) in [5.74, 6) is 0. The smallest absolute Gasteiger partial charge is 0.100 e. The number of hydrogen-bond donors (Lipinski definition) is 1. The summed E-state index contributed by atoms with van der Waals surface area (Å²) in [5.41, 5.74) is 6.20. The number of rotatable bonds is 3. The van der Waals surface area contributed by atoms with Crippen molar-refractivity contribution in [1.82, 2.24) is 14.5 Å². The van der Waals surface area contributed by atoms with Gasteiger partial charge in [-0.15, -0.1) is 0 Å². The molecule has 0 aliphatic heterocycles. The third-order valence-electron chi connectivity index (χ3n) is 3.94. The summed E-state index contributed by atoms with van der Waals surface area (Å²) in [4.78, 5) is 8.81. The van der Waals surface area contributed by atoms with E-state index in [9.17, 15) is 5.11 Å². The zero-order valence-electron chi connectivity index (χ0n) is 12.5. The lowest BCUT2D eigenvalue weighted by Gasteiger charge is -2.09. The van der Waals surface area contributed by atoms with Crippen molar-refractivity contribution >= 4 is 11.0 Å². The lowest BCUT2D eigenvalue weighted by molar-refractivity contribution is 0.169. The predicted octanol–water partition coefficient (Wildman–Crippen LogP) is 3.48. The number of aliphatic hydroxyl groups is 1. The minimum Gasteiger partial charge on any atom is -0.387 e. The van der Waals surface area contributed by atoms with E-state index in [4.69, 9.17) is 0 Å². The normalized spacial score (nSPS) is 12.8. The molecule has 0 amide bonds. The van der Waals surface area contributed by atoms with Gasteiger partial charge in [0.15, 0.2) is 0 Å². The van der Waals surface area contributed by atoms with Crippen LogP contribution >= 0.6 is 0 Å². The molecule has 0 unspecified atom stereocenters. The van der Waals surface area contributed by atoms with Crippen molar-refractivity contribution in [1.29, 1.82) is 0 Å². The van der Waals surface area contributed by atoms with Crippen LogP contribution in [0.4, 0.5) is 0 Å². The minimum atomic E-state index is -0.497. The largest absolute Gasteiger partial charge is 0.387 e. The van der Waals surface area contributed by atoms with E-state index in [2.05, 4.69) is 35.9 Å². The zero-order valence-corrected chi connectivity index (χ0v) is 12.5. The second-order valence-corrected chi connectivity index (χ2v) is 5.41. The van der Waals surface area contributed by atoms with Gasteiger partial charge in [0.05, 0.1) is 34.7 Å². The molecule has 3 rings (SSSR count). The first kappa shape index (κ1) is 13.8. The van der Waals surface area contributed by atoms with Gasteiger partial charge in [0.2, 0.25) is 0 Å². The quantitative estimate of drug-likeness (QED) is 0.799. The molecule has 0 spiro atoms. The molecule has 2 heterocycles. The Bertz CT molecular complexity index is 775. The fourth-order valence-electron chi connectivity index (χ4n) is 2.42. The number of fused-ring (bicyclic) bond motifs is 1. The second kappa shape index (κ2) is 5.30. The molecule has 0 radical (unpaired) electrons. The molecule has 0 aliphatic carbocycles. The van der Waals surface area contributed by atoms with E-state index in [0.29, 0.717) is 12.1 Å². The highest BCUT2D eigenvalue weighted by Gasteiger charge is 2.09. The molecular weight excluding hydrogens is 262 g/mol. The average molecular weight is 281 g/mol. The fourth-order valence-corrected chi connectivity index (χ4v) is 2.42. The summed E-state index contributed by atoms with van der Waals surface area (Å²) in [7, 11) is 0. The van der Waals surface area contributed by atoms with Crippen molar-refractivity contribution < 1.29 is 5.11 Å². The van der Waals surface area contributed by atoms with E-state index in [1.807, 2.05) is 30.0 Å². The first-order chi connectivity index (χ1) is 10.1. The van der Waals surface area contributed by atoms with Crippen LogP contribution in [-0.4, -0.2) is 19.6 Å². The Hall–Kier alpha value is -2.20. The Morgan fingerprint density at radius 3 is 2.57 bits per heavy atom. The summed E-state index contributed by atoms with van der Waals surface area (Å²) < 4.78 is 2.02. The van der Waals surface area contributed by atoms with Crippen molar-refractivity contribution in [3.8, 4) is 5.69 Å². The molecule has 0 aliphatic rings. The second-order valence-electron chi connectivity index (χ2n) is 5.41. The number of hydrogen-bond acceptors (Lipinski definition) is 3. The lowest BCUT2D eigenvalue weighted by atomic mass is 10.1. The Morgan fingerprint density at radius 1 is 1.14 bits per heavy atom. The topological polar surface area (TPSA) is 50.9 Å². The number of imidazole rings is 1. The monoisotopic (exact) mass is 281 g/mol. The number of aromatic nitrogens is 3. The maximum absolute atomic E-state index is 9.81. The molecule has 1 aromatic carbocycles. The molecule has 0 saturated carbocycles. The maximum atomic E-state index is 9.81. The van der Waals surface area contributed by atoms with Crippen molar-refractivity contribution in [3.63, 3.8) is 0 Å². The molecule has 1 N–H and O–H groups in total. The summed E-state index contributed by atoms with van der Waals surface area (Å²) in [6.45, 7) is 6.14. The minimum absolute atomic E-state index is 0.497. The fraction of sp³-hybridized carbons (Fsp3) is 0.294. The predicted molar refractivity (Wildman–Crippen MR) is 83.6 cm³/mol. The van der Waals surface area contributed by atoms with E-state index in [1.54, 1.807) is 6.20 Å². The first-order valence-electron chi connectivity index (χ1n) is 7.19. The summed E-state index contributed by atoms with van der Waals surface area (Å²) in [6.07, 6.45) is 3.77. The third-order valence-corrected chi connectivity index (χ3v) is 3.94. The van der Waals surface area contributed by atoms with Crippen LogP contribution in [0.5, 0.6) is 0 Å². The van der Waals surface area contributed by atoms with Gasteiger partial charge in [-0.1, -0.05) is 6.92 Å². The zero-order chi connectivity index (χ0) is 15.0. The highest BCUT2D eigenvalue weighted by Crippen LogP contribution is 2.22. The summed E-state index contributed by atoms with van der Waals surface area (Å²) in [6, 6.07) is 8.09. The highest BCUT2D eigenvalue weighted by molar-refractivity contribution is 5.79. The molecule has 1 atom stereocenters. The van der Waals surface area contributed by atoms with Gasteiger partial charge in [0.25, 0.3) is 0 Å². The molecule has 108 valence electrons. The first-order valence-corrected chi connectivity index (χ1v) is 7.19. The van der Waals surface area contributed by atoms with Gasteiger partial charge in [0, 0.05) is 0 Å². The number of aryl methyl sites for hydroxylation is 2. The number of nitrogens with zero attached hydrogens (tertiary/aromatic N) is 3. The van der Waals surface area contributed by atoms with Crippen molar-refractivity contribution in [2.75, 3.05) is 0 Å². The molecule has 4 heteroatoms. The van der Waals surface area contributed by atoms with Crippen LogP contribution in [0, 0.1) is 13.8 Å². The standard InChI is InChI=1S/C17H19N3O/c1-4-17(21)14-6-5-13(9-18-14)20-10-19-15-7-11(2)12(3)8-16(15)20/h5-10,17,21H,4H2,1-3H3/t17-/m1/s1. The van der Waals surface area contributed by atoms with Crippen LogP contribution in [0.1, 0.15) is 36.3 Å².